The molecule has 0 aromatic carbocycles. The van der Waals surface area contributed by atoms with Crippen LogP contribution in [0.2, 0.25) is 0 Å². The summed E-state index contributed by atoms with van der Waals surface area (Å²) in [6.45, 7) is 10.7. The van der Waals surface area contributed by atoms with E-state index in [4.69, 9.17) is 0 Å². The maximum atomic E-state index is 10.2. The molecule has 4 fully saturated rings. The molecule has 4 aliphatic rings. The van der Waals surface area contributed by atoms with Crippen molar-refractivity contribution in [2.45, 2.75) is 116 Å². The topological polar surface area (TPSA) is 40.5 Å². The minimum Gasteiger partial charge on any atom is -0.390 e. The van der Waals surface area contributed by atoms with Crippen LogP contribution >= 0.6 is 0 Å². The van der Waals surface area contributed by atoms with E-state index in [1.165, 1.54) is 63.4 Å². The Balaban J connectivity index is 1.48. The third kappa shape index (κ3) is 4.37. The average molecular weight is 413 g/mol. The van der Waals surface area contributed by atoms with E-state index in [0.29, 0.717) is 10.8 Å². The normalized spacial score (nSPS) is 38.8. The lowest BCUT2D eigenvalue weighted by Gasteiger charge is -2.45. The van der Waals surface area contributed by atoms with Gasteiger partial charge in [0, 0.05) is 0 Å². The molecule has 0 bridgehead atoms. The number of aliphatic hydroxyl groups excluding tert-OH is 1. The second-order valence-corrected chi connectivity index (χ2v) is 11.9. The smallest absolute Gasteiger partial charge is 0.0787 e. The first-order valence-electron chi connectivity index (χ1n) is 12.6. The molecule has 0 saturated heterocycles. The molecule has 0 unspecified atom stereocenters. The van der Waals surface area contributed by atoms with Gasteiger partial charge in [0.25, 0.3) is 0 Å². The zero-order valence-corrected chi connectivity index (χ0v) is 19.7. The fourth-order valence-electron chi connectivity index (χ4n) is 7.48. The van der Waals surface area contributed by atoms with Gasteiger partial charge in [-0.15, -0.1) is 0 Å². The van der Waals surface area contributed by atoms with Crippen molar-refractivity contribution >= 4 is 0 Å². The highest BCUT2D eigenvalue weighted by molar-refractivity contribution is 5.38. The fourth-order valence-corrected chi connectivity index (χ4v) is 7.48. The SMILES string of the molecule is C=C1/C(=C\C=C2/CCC[C@]3(C)[C@@H](C4(CCCC(C)(C)O)CC4)CC[C@@H]23)CCC[C@@H]1O. The summed E-state index contributed by atoms with van der Waals surface area (Å²) in [5.74, 6) is 1.60. The maximum absolute atomic E-state index is 10.2. The van der Waals surface area contributed by atoms with Gasteiger partial charge in [-0.2, -0.15) is 0 Å². The van der Waals surface area contributed by atoms with E-state index in [1.54, 1.807) is 5.57 Å². The maximum Gasteiger partial charge on any atom is 0.0787 e. The highest BCUT2D eigenvalue weighted by Crippen LogP contribution is 2.70. The molecule has 0 spiro atoms. The summed E-state index contributed by atoms with van der Waals surface area (Å²) in [5, 5.41) is 20.3. The van der Waals surface area contributed by atoms with Gasteiger partial charge < -0.3 is 10.2 Å². The van der Waals surface area contributed by atoms with Crippen molar-refractivity contribution < 1.29 is 10.2 Å². The Kier molecular flexibility index (Phi) is 6.14. The molecule has 0 aromatic heterocycles. The molecule has 4 rings (SSSR count). The van der Waals surface area contributed by atoms with E-state index >= 15 is 0 Å². The number of aliphatic hydroxyl groups is 2. The van der Waals surface area contributed by atoms with Crippen LogP contribution in [-0.2, 0) is 0 Å². The molecule has 4 saturated carbocycles. The summed E-state index contributed by atoms with van der Waals surface area (Å²) in [6, 6.07) is 0. The van der Waals surface area contributed by atoms with Crippen LogP contribution in [0.1, 0.15) is 104 Å². The minimum atomic E-state index is -0.525. The summed E-state index contributed by atoms with van der Waals surface area (Å²) in [4.78, 5) is 0. The largest absolute Gasteiger partial charge is 0.390 e. The zero-order chi connectivity index (χ0) is 21.6. The van der Waals surface area contributed by atoms with Gasteiger partial charge in [0.1, 0.15) is 0 Å². The molecule has 0 heterocycles. The Bertz CT molecular complexity index is 717. The Labute approximate surface area is 184 Å². The van der Waals surface area contributed by atoms with Gasteiger partial charge in [-0.05, 0) is 125 Å². The molecular weight excluding hydrogens is 368 g/mol. The average Bonchev–Trinajstić information content (AvgIpc) is 3.35. The second-order valence-electron chi connectivity index (χ2n) is 11.9. The number of fused-ring (bicyclic) bond motifs is 1. The lowest BCUT2D eigenvalue weighted by molar-refractivity contribution is 0.0521. The van der Waals surface area contributed by atoms with Crippen molar-refractivity contribution in [1.82, 2.24) is 0 Å². The standard InChI is InChI=1S/C28H44O2/c1-20-21(8-5-10-24(20)29)11-12-22-9-6-16-27(4)23(22)13-14-25(27)28(18-19-28)17-7-15-26(2,3)30/h11-12,23-25,29-30H,1,5-10,13-19H2,2-4H3/b21-11-,22-12+/t23-,24-,25-,27-/m0/s1. The Hall–Kier alpha value is -0.860. The number of hydrogen-bond donors (Lipinski definition) is 2. The summed E-state index contributed by atoms with van der Waals surface area (Å²) in [6.07, 6.45) is 20.3. The van der Waals surface area contributed by atoms with Crippen LogP contribution in [0, 0.1) is 22.7 Å². The predicted octanol–water partition coefficient (Wildman–Crippen LogP) is 6.88. The highest BCUT2D eigenvalue weighted by Gasteiger charge is 2.60. The van der Waals surface area contributed by atoms with Crippen molar-refractivity contribution in [3.63, 3.8) is 0 Å². The molecule has 30 heavy (non-hydrogen) atoms. The van der Waals surface area contributed by atoms with Gasteiger partial charge in [0.05, 0.1) is 11.7 Å². The molecule has 2 heteroatoms. The molecule has 2 N–H and O–H groups in total. The molecule has 2 nitrogen and oxygen atoms in total. The minimum absolute atomic E-state index is 0.338. The number of rotatable bonds is 6. The van der Waals surface area contributed by atoms with Gasteiger partial charge in [0.15, 0.2) is 0 Å². The van der Waals surface area contributed by atoms with Crippen LogP contribution in [0.15, 0.2) is 35.5 Å². The van der Waals surface area contributed by atoms with Crippen molar-refractivity contribution in [3.05, 3.63) is 35.5 Å². The van der Waals surface area contributed by atoms with Gasteiger partial charge in [-0.1, -0.05) is 37.6 Å². The fraction of sp³-hybridized carbons (Fsp3) is 0.786. The molecule has 0 amide bonds. The van der Waals surface area contributed by atoms with Gasteiger partial charge >= 0.3 is 0 Å². The van der Waals surface area contributed by atoms with Crippen LogP contribution in [0.4, 0.5) is 0 Å². The molecular formula is C28H44O2. The number of allylic oxidation sites excluding steroid dienone is 3. The Morgan fingerprint density at radius 1 is 1.07 bits per heavy atom. The quantitative estimate of drug-likeness (QED) is 0.499. The second kappa shape index (κ2) is 8.24. The van der Waals surface area contributed by atoms with Crippen molar-refractivity contribution in [2.24, 2.45) is 22.7 Å². The van der Waals surface area contributed by atoms with Crippen LogP contribution in [-0.4, -0.2) is 21.9 Å². The molecule has 0 aromatic rings. The first kappa shape index (κ1) is 22.3. The van der Waals surface area contributed by atoms with Gasteiger partial charge in [-0.3, -0.25) is 0 Å². The van der Waals surface area contributed by atoms with Crippen LogP contribution < -0.4 is 0 Å². The molecule has 0 aliphatic heterocycles. The van der Waals surface area contributed by atoms with E-state index in [9.17, 15) is 10.2 Å². The monoisotopic (exact) mass is 412 g/mol. The molecule has 168 valence electrons. The lowest BCUT2D eigenvalue weighted by Crippen LogP contribution is -2.37. The summed E-state index contributed by atoms with van der Waals surface area (Å²) < 4.78 is 0. The van der Waals surface area contributed by atoms with Crippen LogP contribution in [0.25, 0.3) is 0 Å². The summed E-state index contributed by atoms with van der Waals surface area (Å²) in [5.41, 5.74) is 4.38. The summed E-state index contributed by atoms with van der Waals surface area (Å²) in [7, 11) is 0. The van der Waals surface area contributed by atoms with Crippen molar-refractivity contribution in [3.8, 4) is 0 Å². The van der Waals surface area contributed by atoms with E-state index in [0.717, 1.165) is 43.1 Å². The van der Waals surface area contributed by atoms with E-state index < -0.39 is 5.60 Å². The summed E-state index contributed by atoms with van der Waals surface area (Å²) >= 11 is 0. The van der Waals surface area contributed by atoms with Crippen molar-refractivity contribution in [1.29, 1.82) is 0 Å². The van der Waals surface area contributed by atoms with E-state index in [-0.39, 0.29) is 6.10 Å². The van der Waals surface area contributed by atoms with Crippen LogP contribution in [0.3, 0.4) is 0 Å². The first-order chi connectivity index (χ1) is 14.1. The van der Waals surface area contributed by atoms with E-state index in [2.05, 4.69) is 25.7 Å². The van der Waals surface area contributed by atoms with Gasteiger partial charge in [0.2, 0.25) is 0 Å². The highest BCUT2D eigenvalue weighted by atomic mass is 16.3. The Morgan fingerprint density at radius 3 is 2.53 bits per heavy atom. The number of hydrogen-bond acceptors (Lipinski definition) is 2. The zero-order valence-electron chi connectivity index (χ0n) is 19.7. The van der Waals surface area contributed by atoms with Crippen LogP contribution in [0.5, 0.6) is 0 Å². The first-order valence-corrected chi connectivity index (χ1v) is 12.6. The molecule has 0 radical (unpaired) electrons. The molecule has 4 aliphatic carbocycles. The molecule has 4 atom stereocenters. The predicted molar refractivity (Wildman–Crippen MR) is 125 cm³/mol. The van der Waals surface area contributed by atoms with Gasteiger partial charge in [-0.25, -0.2) is 0 Å². The van der Waals surface area contributed by atoms with E-state index in [1.807, 2.05) is 13.8 Å². The third-order valence-electron chi connectivity index (χ3n) is 9.30. The lowest BCUT2D eigenvalue weighted by atomic mass is 9.59. The van der Waals surface area contributed by atoms with Crippen molar-refractivity contribution in [2.75, 3.05) is 0 Å². The third-order valence-corrected chi connectivity index (χ3v) is 9.30. The Morgan fingerprint density at radius 2 is 1.83 bits per heavy atom.